The van der Waals surface area contributed by atoms with E-state index in [1.807, 2.05) is 0 Å². The molecule has 0 aromatic rings. The fourth-order valence-electron chi connectivity index (χ4n) is 0.680. The van der Waals surface area contributed by atoms with E-state index >= 15 is 0 Å². The summed E-state index contributed by atoms with van der Waals surface area (Å²) in [6.07, 6.45) is 1.95. The molecule has 0 aromatic heterocycles. The van der Waals surface area contributed by atoms with Gasteiger partial charge in [-0.05, 0) is 6.42 Å². The molecular weight excluding hydrogens is 144 g/mol. The van der Waals surface area contributed by atoms with Gasteiger partial charge in [0.2, 0.25) is 5.91 Å². The van der Waals surface area contributed by atoms with Crippen molar-refractivity contribution in [3.63, 3.8) is 0 Å². The summed E-state index contributed by atoms with van der Waals surface area (Å²) in [5.74, 6) is 0.185. The van der Waals surface area contributed by atoms with E-state index in [1.165, 1.54) is 6.42 Å². The van der Waals surface area contributed by atoms with Gasteiger partial charge < -0.3 is 5.32 Å². The molecule has 2 aliphatic rings. The summed E-state index contributed by atoms with van der Waals surface area (Å²) in [6.45, 7) is 3.04. The topological polar surface area (TPSA) is 65.2 Å². The number of β-lactam (4-membered cyclic amide) rings is 1. The molecule has 0 aromatic carbocycles. The third-order valence-corrected chi connectivity index (χ3v) is 1.45. The van der Waals surface area contributed by atoms with Crippen LogP contribution in [0.1, 0.15) is 12.8 Å². The molecule has 2 rings (SSSR count). The largest absolute Gasteiger partial charge is 0.356 e. The number of hydrogen-bond donors (Lipinski definition) is 4. The van der Waals surface area contributed by atoms with E-state index in [0.717, 1.165) is 26.1 Å². The zero-order valence-corrected chi connectivity index (χ0v) is 6.44. The third-order valence-electron chi connectivity index (χ3n) is 1.45. The highest BCUT2D eigenvalue weighted by molar-refractivity contribution is 5.81. The average molecular weight is 158 g/mol. The molecule has 1 amide bonds. The van der Waals surface area contributed by atoms with Gasteiger partial charge in [-0.3, -0.25) is 4.79 Å². The van der Waals surface area contributed by atoms with E-state index in [2.05, 4.69) is 21.7 Å². The summed E-state index contributed by atoms with van der Waals surface area (Å²) >= 11 is 0. The number of carbonyl (C=O) groups is 1. The SMILES string of the molecule is C1CNNNC1.O=C1CCN1. The molecule has 11 heavy (non-hydrogen) atoms. The van der Waals surface area contributed by atoms with Crippen LogP contribution in [-0.2, 0) is 4.79 Å². The lowest BCUT2D eigenvalue weighted by Gasteiger charge is -2.12. The zero-order chi connectivity index (χ0) is 7.94. The lowest BCUT2D eigenvalue weighted by Crippen LogP contribution is -2.49. The molecule has 0 saturated carbocycles. The molecule has 2 heterocycles. The van der Waals surface area contributed by atoms with Crippen molar-refractivity contribution in [3.05, 3.63) is 0 Å². The van der Waals surface area contributed by atoms with E-state index in [1.54, 1.807) is 0 Å². The molecule has 0 unspecified atom stereocenters. The Balaban J connectivity index is 0.000000112. The van der Waals surface area contributed by atoms with E-state index in [9.17, 15) is 4.79 Å². The minimum absolute atomic E-state index is 0.185. The first-order valence-corrected chi connectivity index (χ1v) is 3.87. The van der Waals surface area contributed by atoms with Gasteiger partial charge in [0.15, 0.2) is 0 Å². The van der Waals surface area contributed by atoms with E-state index < -0.39 is 0 Å². The maximum Gasteiger partial charge on any atom is 0.221 e. The van der Waals surface area contributed by atoms with Gasteiger partial charge in [-0.15, -0.1) is 0 Å². The monoisotopic (exact) mass is 158 g/mol. The fraction of sp³-hybridized carbons (Fsp3) is 0.833. The summed E-state index contributed by atoms with van der Waals surface area (Å²) < 4.78 is 0. The van der Waals surface area contributed by atoms with Crippen LogP contribution in [0.3, 0.4) is 0 Å². The highest BCUT2D eigenvalue weighted by atomic mass is 16.2. The van der Waals surface area contributed by atoms with E-state index in [-0.39, 0.29) is 5.91 Å². The van der Waals surface area contributed by atoms with Gasteiger partial charge in [0.1, 0.15) is 0 Å². The number of hydrazine groups is 2. The second-order valence-electron chi connectivity index (χ2n) is 2.43. The molecule has 0 radical (unpaired) electrons. The number of amides is 1. The Morgan fingerprint density at radius 3 is 1.73 bits per heavy atom. The normalized spacial score (nSPS) is 22.4. The van der Waals surface area contributed by atoms with Crippen molar-refractivity contribution in [2.45, 2.75) is 12.8 Å². The molecule has 2 fully saturated rings. The standard InChI is InChI=1S/C3H9N3.C3H5NO/c1-2-4-6-5-3-1;5-3-1-2-4-3/h4-6H,1-3H2;1-2H2,(H,4,5). The van der Waals surface area contributed by atoms with Crippen LogP contribution < -0.4 is 21.7 Å². The van der Waals surface area contributed by atoms with Crippen LogP contribution in [0.2, 0.25) is 0 Å². The first-order valence-electron chi connectivity index (χ1n) is 3.87. The molecule has 0 atom stereocenters. The first kappa shape index (κ1) is 8.45. The second-order valence-corrected chi connectivity index (χ2v) is 2.43. The Kier molecular flexibility index (Phi) is 3.89. The Labute approximate surface area is 65.9 Å². The Hall–Kier alpha value is -0.650. The van der Waals surface area contributed by atoms with Crippen LogP contribution in [0.5, 0.6) is 0 Å². The zero-order valence-electron chi connectivity index (χ0n) is 6.44. The first-order chi connectivity index (χ1) is 5.39. The molecular formula is C6H14N4O. The average Bonchev–Trinajstić information content (AvgIpc) is 2.05. The smallest absolute Gasteiger partial charge is 0.221 e. The van der Waals surface area contributed by atoms with Crippen molar-refractivity contribution >= 4 is 5.91 Å². The summed E-state index contributed by atoms with van der Waals surface area (Å²) in [6, 6.07) is 0. The van der Waals surface area contributed by atoms with Gasteiger partial charge in [-0.1, -0.05) is 0 Å². The van der Waals surface area contributed by atoms with Crippen molar-refractivity contribution in [2.24, 2.45) is 0 Å². The van der Waals surface area contributed by atoms with Crippen LogP contribution >= 0.6 is 0 Å². The number of carbonyl (C=O) groups excluding carboxylic acids is 1. The van der Waals surface area contributed by atoms with Crippen molar-refractivity contribution in [1.29, 1.82) is 0 Å². The summed E-state index contributed by atoms with van der Waals surface area (Å²) in [5, 5.41) is 2.57. The Bertz CT molecular complexity index is 106. The Morgan fingerprint density at radius 2 is 1.64 bits per heavy atom. The maximum atomic E-state index is 9.79. The van der Waals surface area contributed by atoms with Crippen LogP contribution in [0.25, 0.3) is 0 Å². The van der Waals surface area contributed by atoms with Crippen LogP contribution in [0, 0.1) is 0 Å². The van der Waals surface area contributed by atoms with Gasteiger partial charge >= 0.3 is 0 Å². The number of rotatable bonds is 0. The van der Waals surface area contributed by atoms with Crippen molar-refractivity contribution in [1.82, 2.24) is 21.7 Å². The quantitative estimate of drug-likeness (QED) is 0.324. The summed E-state index contributed by atoms with van der Waals surface area (Å²) in [7, 11) is 0. The molecule has 2 saturated heterocycles. The second kappa shape index (κ2) is 5.06. The number of nitrogens with one attached hydrogen (secondary N) is 4. The van der Waals surface area contributed by atoms with Crippen LogP contribution in [0.4, 0.5) is 0 Å². The minimum atomic E-state index is 0.185. The van der Waals surface area contributed by atoms with E-state index in [4.69, 9.17) is 0 Å². The van der Waals surface area contributed by atoms with Gasteiger partial charge in [-0.25, -0.2) is 10.9 Å². The highest BCUT2D eigenvalue weighted by Crippen LogP contribution is 1.85. The molecule has 0 aliphatic carbocycles. The van der Waals surface area contributed by atoms with Gasteiger partial charge in [0.05, 0.1) is 0 Å². The predicted octanol–water partition coefficient (Wildman–Crippen LogP) is -1.50. The van der Waals surface area contributed by atoms with Crippen LogP contribution in [0.15, 0.2) is 0 Å². The van der Waals surface area contributed by atoms with Crippen LogP contribution in [-0.4, -0.2) is 25.5 Å². The molecule has 2 aliphatic heterocycles. The molecule has 5 heteroatoms. The minimum Gasteiger partial charge on any atom is -0.356 e. The number of hydrogen-bond acceptors (Lipinski definition) is 4. The van der Waals surface area contributed by atoms with Crippen molar-refractivity contribution in [2.75, 3.05) is 19.6 Å². The molecule has 4 N–H and O–H groups in total. The van der Waals surface area contributed by atoms with E-state index in [0.29, 0.717) is 0 Å². The summed E-state index contributed by atoms with van der Waals surface area (Å²) in [4.78, 5) is 9.79. The lowest BCUT2D eigenvalue weighted by molar-refractivity contribution is -0.125. The van der Waals surface area contributed by atoms with Gasteiger partial charge in [-0.2, -0.15) is 5.53 Å². The molecule has 0 spiro atoms. The fourth-order valence-corrected chi connectivity index (χ4v) is 0.680. The third kappa shape index (κ3) is 3.92. The molecule has 5 nitrogen and oxygen atoms in total. The summed E-state index contributed by atoms with van der Waals surface area (Å²) in [5.41, 5.74) is 8.63. The predicted molar refractivity (Wildman–Crippen MR) is 41.4 cm³/mol. The maximum absolute atomic E-state index is 9.79. The van der Waals surface area contributed by atoms with Gasteiger partial charge in [0, 0.05) is 26.1 Å². The van der Waals surface area contributed by atoms with Gasteiger partial charge in [0.25, 0.3) is 0 Å². The Morgan fingerprint density at radius 1 is 1.09 bits per heavy atom. The van der Waals surface area contributed by atoms with Crippen molar-refractivity contribution in [3.8, 4) is 0 Å². The molecule has 64 valence electrons. The highest BCUT2D eigenvalue weighted by Gasteiger charge is 2.07. The lowest BCUT2D eigenvalue weighted by atomic mass is 10.3. The molecule has 0 bridgehead atoms. The van der Waals surface area contributed by atoms with Crippen molar-refractivity contribution < 1.29 is 4.79 Å².